The number of hydrogen-bond donors (Lipinski definition) is 0. The fourth-order valence-corrected chi connectivity index (χ4v) is 4.07. The number of aromatic nitrogens is 2. The number of carbonyl (C=O) groups is 1. The van der Waals surface area contributed by atoms with Gasteiger partial charge in [-0.15, -0.1) is 0 Å². The molecule has 4 nitrogen and oxygen atoms in total. The second-order valence-electron chi connectivity index (χ2n) is 7.64. The molecule has 3 aromatic carbocycles. The molecule has 2 heterocycles. The minimum absolute atomic E-state index is 0.101. The maximum Gasteiger partial charge on any atom is 0.244 e. The Kier molecular flexibility index (Phi) is 4.89. The van der Waals surface area contributed by atoms with Crippen molar-refractivity contribution in [2.75, 3.05) is 6.54 Å². The average molecular weight is 393 g/mol. The first-order valence-corrected chi connectivity index (χ1v) is 10.3. The van der Waals surface area contributed by atoms with Gasteiger partial charge in [0.2, 0.25) is 5.91 Å². The van der Waals surface area contributed by atoms with Gasteiger partial charge in [0.1, 0.15) is 6.54 Å². The van der Waals surface area contributed by atoms with Gasteiger partial charge in [0.25, 0.3) is 0 Å². The Morgan fingerprint density at radius 1 is 0.800 bits per heavy atom. The summed E-state index contributed by atoms with van der Waals surface area (Å²) in [4.78, 5) is 15.1. The first kappa shape index (κ1) is 18.4. The molecule has 0 atom stereocenters. The monoisotopic (exact) mass is 393 g/mol. The number of hydrogen-bond acceptors (Lipinski definition) is 2. The van der Waals surface area contributed by atoms with Gasteiger partial charge < -0.3 is 4.90 Å². The van der Waals surface area contributed by atoms with E-state index < -0.39 is 0 Å². The van der Waals surface area contributed by atoms with E-state index in [-0.39, 0.29) is 12.5 Å². The summed E-state index contributed by atoms with van der Waals surface area (Å²) in [5, 5.41) is 4.81. The predicted octanol–water partition coefficient (Wildman–Crippen LogP) is 4.80. The Hall–Kier alpha value is -3.66. The molecule has 5 rings (SSSR count). The summed E-state index contributed by atoms with van der Waals surface area (Å²) in [7, 11) is 0. The van der Waals surface area contributed by atoms with Crippen LogP contribution in [0.4, 0.5) is 0 Å². The molecule has 0 aliphatic carbocycles. The van der Waals surface area contributed by atoms with Crippen molar-refractivity contribution < 1.29 is 4.79 Å². The molecule has 148 valence electrons. The van der Waals surface area contributed by atoms with Crippen LogP contribution in [0.3, 0.4) is 0 Å². The van der Waals surface area contributed by atoms with Crippen LogP contribution in [0.2, 0.25) is 0 Å². The van der Waals surface area contributed by atoms with Crippen LogP contribution in [0.15, 0.2) is 91.0 Å². The van der Waals surface area contributed by atoms with Crippen molar-refractivity contribution in [3.8, 4) is 22.5 Å². The number of rotatable bonds is 4. The number of fused-ring (bicyclic) bond motifs is 1. The standard InChI is InChI=1S/C26H23N3O/c30-26(28-16-15-20-9-7-8-14-23(20)18-28)19-29-25(22-12-5-2-6-13-22)17-24(27-29)21-10-3-1-4-11-21/h1-14,17H,15-16,18-19H2. The highest BCUT2D eigenvalue weighted by Crippen LogP contribution is 2.27. The van der Waals surface area contributed by atoms with Crippen LogP contribution in [-0.4, -0.2) is 27.1 Å². The quantitative estimate of drug-likeness (QED) is 0.499. The maximum absolute atomic E-state index is 13.2. The summed E-state index contributed by atoms with van der Waals surface area (Å²) in [6, 6.07) is 30.7. The van der Waals surface area contributed by atoms with Gasteiger partial charge in [-0.2, -0.15) is 5.10 Å². The third kappa shape index (κ3) is 3.64. The molecule has 0 bridgehead atoms. The number of benzene rings is 3. The SMILES string of the molecule is O=C(Cn1nc(-c2ccccc2)cc1-c1ccccc1)N1CCc2ccccc2C1. The van der Waals surface area contributed by atoms with Gasteiger partial charge in [-0.1, -0.05) is 84.9 Å². The Bertz CT molecular complexity index is 1170. The highest BCUT2D eigenvalue weighted by atomic mass is 16.2. The molecular formula is C26H23N3O. The van der Waals surface area contributed by atoms with Crippen molar-refractivity contribution in [1.29, 1.82) is 0 Å². The smallest absolute Gasteiger partial charge is 0.244 e. The first-order chi connectivity index (χ1) is 14.8. The summed E-state index contributed by atoms with van der Waals surface area (Å²) in [6.07, 6.45) is 0.905. The summed E-state index contributed by atoms with van der Waals surface area (Å²) in [5.41, 5.74) is 6.53. The molecule has 1 amide bonds. The Morgan fingerprint density at radius 2 is 1.43 bits per heavy atom. The maximum atomic E-state index is 13.2. The lowest BCUT2D eigenvalue weighted by atomic mass is 10.00. The van der Waals surface area contributed by atoms with Gasteiger partial charge in [0.15, 0.2) is 0 Å². The van der Waals surface area contributed by atoms with Crippen molar-refractivity contribution in [3.63, 3.8) is 0 Å². The molecule has 0 radical (unpaired) electrons. The van der Waals surface area contributed by atoms with Crippen LogP contribution in [0, 0.1) is 0 Å². The van der Waals surface area contributed by atoms with Crippen molar-refractivity contribution in [2.45, 2.75) is 19.5 Å². The summed E-state index contributed by atoms with van der Waals surface area (Å²) >= 11 is 0. The molecule has 1 aliphatic rings. The summed E-state index contributed by atoms with van der Waals surface area (Å²) in [6.45, 7) is 1.66. The van der Waals surface area contributed by atoms with E-state index in [4.69, 9.17) is 5.10 Å². The topological polar surface area (TPSA) is 38.1 Å². The molecule has 0 saturated carbocycles. The molecule has 0 fully saturated rings. The van der Waals surface area contributed by atoms with Gasteiger partial charge in [-0.3, -0.25) is 9.48 Å². The molecule has 1 aliphatic heterocycles. The van der Waals surface area contributed by atoms with E-state index in [9.17, 15) is 4.79 Å². The Morgan fingerprint density at radius 3 is 2.17 bits per heavy atom. The Labute approximate surface area is 176 Å². The molecule has 4 aromatic rings. The van der Waals surface area contributed by atoms with Crippen LogP contribution in [0.1, 0.15) is 11.1 Å². The average Bonchev–Trinajstić information content (AvgIpc) is 3.23. The molecule has 0 spiro atoms. The van der Waals surface area contributed by atoms with Crippen molar-refractivity contribution in [2.24, 2.45) is 0 Å². The molecule has 4 heteroatoms. The lowest BCUT2D eigenvalue weighted by Gasteiger charge is -2.29. The molecule has 0 saturated heterocycles. The van der Waals surface area contributed by atoms with Crippen LogP contribution < -0.4 is 0 Å². The van der Waals surface area contributed by atoms with Crippen LogP contribution in [0.25, 0.3) is 22.5 Å². The summed E-state index contributed by atoms with van der Waals surface area (Å²) in [5.74, 6) is 0.101. The highest BCUT2D eigenvalue weighted by molar-refractivity contribution is 5.78. The highest BCUT2D eigenvalue weighted by Gasteiger charge is 2.22. The van der Waals surface area contributed by atoms with E-state index in [0.717, 1.165) is 35.5 Å². The van der Waals surface area contributed by atoms with E-state index in [0.29, 0.717) is 6.54 Å². The van der Waals surface area contributed by atoms with Gasteiger partial charge in [0.05, 0.1) is 11.4 Å². The molecular weight excluding hydrogens is 370 g/mol. The number of nitrogens with zero attached hydrogens (tertiary/aromatic N) is 3. The molecule has 0 N–H and O–H groups in total. The Balaban J connectivity index is 1.45. The molecule has 0 unspecified atom stereocenters. The minimum atomic E-state index is 0.101. The van der Waals surface area contributed by atoms with Crippen molar-refractivity contribution >= 4 is 5.91 Å². The van der Waals surface area contributed by atoms with E-state index in [1.165, 1.54) is 11.1 Å². The number of amides is 1. The van der Waals surface area contributed by atoms with Crippen LogP contribution >= 0.6 is 0 Å². The predicted molar refractivity (Wildman–Crippen MR) is 119 cm³/mol. The van der Waals surface area contributed by atoms with E-state index in [1.807, 2.05) is 64.2 Å². The molecule has 30 heavy (non-hydrogen) atoms. The van der Waals surface area contributed by atoms with Gasteiger partial charge in [0, 0.05) is 18.7 Å². The largest absolute Gasteiger partial charge is 0.336 e. The van der Waals surface area contributed by atoms with Gasteiger partial charge in [-0.25, -0.2) is 0 Å². The van der Waals surface area contributed by atoms with E-state index >= 15 is 0 Å². The zero-order chi connectivity index (χ0) is 20.3. The fourth-order valence-electron chi connectivity index (χ4n) is 4.07. The normalized spacial score (nSPS) is 13.1. The van der Waals surface area contributed by atoms with E-state index in [1.54, 1.807) is 0 Å². The van der Waals surface area contributed by atoms with Crippen LogP contribution in [0.5, 0.6) is 0 Å². The van der Waals surface area contributed by atoms with Gasteiger partial charge in [-0.05, 0) is 29.2 Å². The van der Waals surface area contributed by atoms with Crippen LogP contribution in [-0.2, 0) is 24.3 Å². The minimum Gasteiger partial charge on any atom is -0.336 e. The summed E-state index contributed by atoms with van der Waals surface area (Å²) < 4.78 is 1.85. The second kappa shape index (κ2) is 7.99. The van der Waals surface area contributed by atoms with Crippen molar-refractivity contribution in [3.05, 3.63) is 102 Å². The zero-order valence-electron chi connectivity index (χ0n) is 16.7. The van der Waals surface area contributed by atoms with Gasteiger partial charge >= 0.3 is 0 Å². The lowest BCUT2D eigenvalue weighted by molar-refractivity contribution is -0.132. The van der Waals surface area contributed by atoms with E-state index in [2.05, 4.69) is 36.4 Å². The second-order valence-corrected chi connectivity index (χ2v) is 7.64. The third-order valence-corrected chi connectivity index (χ3v) is 5.69. The van der Waals surface area contributed by atoms with Crippen molar-refractivity contribution in [1.82, 2.24) is 14.7 Å². The lowest BCUT2D eigenvalue weighted by Crippen LogP contribution is -2.38. The first-order valence-electron chi connectivity index (χ1n) is 10.3. The fraction of sp³-hybridized carbons (Fsp3) is 0.154. The number of carbonyl (C=O) groups excluding carboxylic acids is 1. The third-order valence-electron chi connectivity index (χ3n) is 5.69. The molecule has 1 aromatic heterocycles. The zero-order valence-corrected chi connectivity index (χ0v) is 16.7.